The Hall–Kier alpha value is -2.05. The van der Waals surface area contributed by atoms with Gasteiger partial charge in [-0.2, -0.15) is 5.10 Å². The van der Waals surface area contributed by atoms with E-state index in [9.17, 15) is 9.59 Å². The molecule has 0 radical (unpaired) electrons. The van der Waals surface area contributed by atoms with Crippen LogP contribution in [0.3, 0.4) is 0 Å². The Morgan fingerprint density at radius 1 is 1.20 bits per heavy atom. The Kier molecular flexibility index (Phi) is 5.75. The molecule has 0 aliphatic heterocycles. The molecule has 8 heteroatoms. The van der Waals surface area contributed by atoms with Crippen LogP contribution in [0, 0.1) is 13.8 Å². The first-order valence-electron chi connectivity index (χ1n) is 7.63. The average Bonchev–Trinajstić information content (AvgIpc) is 2.98. The predicted octanol–water partition coefficient (Wildman–Crippen LogP) is 4.12. The molecule has 0 unspecified atom stereocenters. The molecule has 134 valence electrons. The molecule has 0 fully saturated rings. The first-order valence-corrected chi connectivity index (χ1v) is 8.39. The van der Waals surface area contributed by atoms with Crippen LogP contribution in [0.5, 0.6) is 5.88 Å². The fourth-order valence-corrected chi connectivity index (χ4v) is 2.72. The lowest BCUT2D eigenvalue weighted by atomic mass is 10.0. The molecule has 1 heterocycles. The maximum Gasteiger partial charge on any atom is 0.416 e. The number of carbonyl (C=O) groups excluding carboxylic acids is 2. The highest BCUT2D eigenvalue weighted by Gasteiger charge is 2.25. The zero-order valence-corrected chi connectivity index (χ0v) is 16.2. The van der Waals surface area contributed by atoms with Crippen molar-refractivity contribution in [2.75, 3.05) is 14.1 Å². The summed E-state index contributed by atoms with van der Waals surface area (Å²) < 4.78 is 6.78. The fraction of sp³-hybridized carbons (Fsp3) is 0.353. The standard InChI is InChI=1S/C17H19Cl2N3O3/c1-6-22-16(25-17(24)21(4)5)12(8-20-22)15(23)11-7-9(2)13(18)10(3)14(11)19/h7-8H,6H2,1-5H3. The quantitative estimate of drug-likeness (QED) is 0.744. The van der Waals surface area contributed by atoms with E-state index in [1.54, 1.807) is 34.0 Å². The monoisotopic (exact) mass is 383 g/mol. The molecule has 2 rings (SSSR count). The smallest absolute Gasteiger partial charge is 0.391 e. The lowest BCUT2D eigenvalue weighted by molar-refractivity contribution is 0.103. The van der Waals surface area contributed by atoms with Crippen LogP contribution in [0.25, 0.3) is 0 Å². The number of aryl methyl sites for hydroxylation is 2. The molecule has 0 aliphatic rings. The molecule has 0 aliphatic carbocycles. The number of hydrogen-bond acceptors (Lipinski definition) is 4. The van der Waals surface area contributed by atoms with Crippen molar-refractivity contribution >= 4 is 35.1 Å². The molecular weight excluding hydrogens is 365 g/mol. The summed E-state index contributed by atoms with van der Waals surface area (Å²) in [6, 6.07) is 1.63. The van der Waals surface area contributed by atoms with Crippen LogP contribution in [0.4, 0.5) is 4.79 Å². The zero-order chi connectivity index (χ0) is 18.9. The van der Waals surface area contributed by atoms with E-state index in [1.807, 2.05) is 6.92 Å². The van der Waals surface area contributed by atoms with Crippen LogP contribution in [0.2, 0.25) is 10.0 Å². The topological polar surface area (TPSA) is 64.4 Å². The van der Waals surface area contributed by atoms with Gasteiger partial charge in [-0.1, -0.05) is 23.2 Å². The maximum atomic E-state index is 13.0. The highest BCUT2D eigenvalue weighted by atomic mass is 35.5. The van der Waals surface area contributed by atoms with Crippen LogP contribution in [0.1, 0.15) is 34.0 Å². The lowest BCUT2D eigenvalue weighted by Crippen LogP contribution is -2.27. The second-order valence-corrected chi connectivity index (χ2v) is 6.52. The van der Waals surface area contributed by atoms with Gasteiger partial charge in [0.15, 0.2) is 0 Å². The summed E-state index contributed by atoms with van der Waals surface area (Å²) in [7, 11) is 3.11. The predicted molar refractivity (Wildman–Crippen MR) is 97.0 cm³/mol. The number of ketones is 1. The summed E-state index contributed by atoms with van der Waals surface area (Å²) in [6.45, 7) is 5.81. The summed E-state index contributed by atoms with van der Waals surface area (Å²) in [5, 5.41) is 4.91. The van der Waals surface area contributed by atoms with E-state index in [4.69, 9.17) is 27.9 Å². The Balaban J connectivity index is 2.54. The van der Waals surface area contributed by atoms with Crippen LogP contribution in [-0.2, 0) is 6.54 Å². The average molecular weight is 384 g/mol. The number of nitrogens with zero attached hydrogens (tertiary/aromatic N) is 3. The Morgan fingerprint density at radius 2 is 1.84 bits per heavy atom. The molecule has 6 nitrogen and oxygen atoms in total. The normalized spacial score (nSPS) is 10.7. The zero-order valence-electron chi connectivity index (χ0n) is 14.7. The number of ether oxygens (including phenoxy) is 1. The Labute approximate surface area is 156 Å². The molecule has 0 spiro atoms. The van der Waals surface area contributed by atoms with Crippen molar-refractivity contribution in [3.8, 4) is 5.88 Å². The van der Waals surface area contributed by atoms with Crippen molar-refractivity contribution < 1.29 is 14.3 Å². The van der Waals surface area contributed by atoms with Crippen LogP contribution in [-0.4, -0.2) is 40.7 Å². The number of halogens is 2. The van der Waals surface area contributed by atoms with E-state index in [-0.39, 0.29) is 22.2 Å². The number of benzene rings is 1. The molecule has 0 atom stereocenters. The van der Waals surface area contributed by atoms with Gasteiger partial charge in [0.05, 0.1) is 11.2 Å². The molecule has 0 N–H and O–H groups in total. The van der Waals surface area contributed by atoms with Crippen LogP contribution in [0.15, 0.2) is 12.3 Å². The number of hydrogen-bond donors (Lipinski definition) is 0. The van der Waals surface area contributed by atoms with Crippen molar-refractivity contribution in [2.45, 2.75) is 27.3 Å². The minimum absolute atomic E-state index is 0.0903. The molecule has 0 saturated heterocycles. The SMILES string of the molecule is CCn1ncc(C(=O)c2cc(C)c(Cl)c(C)c2Cl)c1OC(=O)N(C)C. The lowest BCUT2D eigenvalue weighted by Gasteiger charge is -2.14. The summed E-state index contributed by atoms with van der Waals surface area (Å²) in [6.07, 6.45) is 0.776. The van der Waals surface area contributed by atoms with E-state index in [0.717, 1.165) is 5.56 Å². The summed E-state index contributed by atoms with van der Waals surface area (Å²) in [4.78, 5) is 26.2. The molecule has 1 aromatic heterocycles. The number of aromatic nitrogens is 2. The molecule has 2 aromatic rings. The largest absolute Gasteiger partial charge is 0.416 e. The first kappa shape index (κ1) is 19.3. The van der Waals surface area contributed by atoms with E-state index >= 15 is 0 Å². The first-order chi connectivity index (χ1) is 11.7. The minimum Gasteiger partial charge on any atom is -0.391 e. The summed E-state index contributed by atoms with van der Waals surface area (Å²) in [5.41, 5.74) is 1.82. The van der Waals surface area contributed by atoms with Crippen LogP contribution < -0.4 is 4.74 Å². The van der Waals surface area contributed by atoms with Crippen LogP contribution >= 0.6 is 23.2 Å². The highest BCUT2D eigenvalue weighted by molar-refractivity contribution is 6.39. The number of rotatable bonds is 4. The molecule has 0 saturated carbocycles. The van der Waals surface area contributed by atoms with E-state index in [1.165, 1.54) is 15.8 Å². The van der Waals surface area contributed by atoms with Gasteiger partial charge in [0.2, 0.25) is 11.7 Å². The van der Waals surface area contributed by atoms with Crippen molar-refractivity contribution in [3.63, 3.8) is 0 Å². The highest BCUT2D eigenvalue weighted by Crippen LogP contribution is 2.33. The van der Waals surface area contributed by atoms with Crippen molar-refractivity contribution in [3.05, 3.63) is 44.6 Å². The third kappa shape index (κ3) is 3.65. The van der Waals surface area contributed by atoms with Gasteiger partial charge in [0.25, 0.3) is 0 Å². The van der Waals surface area contributed by atoms with Gasteiger partial charge < -0.3 is 9.64 Å². The Morgan fingerprint density at radius 3 is 2.40 bits per heavy atom. The van der Waals surface area contributed by atoms with Crippen molar-refractivity contribution in [1.29, 1.82) is 0 Å². The van der Waals surface area contributed by atoms with Gasteiger partial charge in [-0.25, -0.2) is 9.48 Å². The van der Waals surface area contributed by atoms with Crippen molar-refractivity contribution in [2.24, 2.45) is 0 Å². The van der Waals surface area contributed by atoms with Gasteiger partial charge in [-0.3, -0.25) is 4.79 Å². The van der Waals surface area contributed by atoms with Gasteiger partial charge >= 0.3 is 6.09 Å². The van der Waals surface area contributed by atoms with Crippen molar-refractivity contribution in [1.82, 2.24) is 14.7 Å². The third-order valence-corrected chi connectivity index (χ3v) is 4.80. The minimum atomic E-state index is -0.598. The summed E-state index contributed by atoms with van der Waals surface area (Å²) >= 11 is 12.5. The van der Waals surface area contributed by atoms with Gasteiger partial charge in [0.1, 0.15) is 5.56 Å². The maximum absolute atomic E-state index is 13.0. The molecule has 1 aromatic carbocycles. The molecule has 1 amide bonds. The van der Waals surface area contributed by atoms with Gasteiger partial charge in [-0.05, 0) is 38.0 Å². The molecule has 0 bridgehead atoms. The second-order valence-electron chi connectivity index (χ2n) is 5.76. The second kappa shape index (κ2) is 7.45. The molecular formula is C17H19Cl2N3O3. The van der Waals surface area contributed by atoms with E-state index in [0.29, 0.717) is 22.7 Å². The summed E-state index contributed by atoms with van der Waals surface area (Å²) in [5.74, 6) is -0.290. The van der Waals surface area contributed by atoms with Gasteiger partial charge in [-0.15, -0.1) is 0 Å². The third-order valence-electron chi connectivity index (χ3n) is 3.73. The van der Waals surface area contributed by atoms with E-state index < -0.39 is 6.09 Å². The number of amides is 1. The van der Waals surface area contributed by atoms with Gasteiger partial charge in [0, 0.05) is 31.2 Å². The van der Waals surface area contributed by atoms with E-state index in [2.05, 4.69) is 5.10 Å². The molecule has 25 heavy (non-hydrogen) atoms. The number of carbonyl (C=O) groups is 2. The Bertz CT molecular complexity index is 844. The fourth-order valence-electron chi connectivity index (χ4n) is 2.28.